The zero-order valence-electron chi connectivity index (χ0n) is 15.3. The molecule has 1 atom stereocenters. The first-order valence-electron chi connectivity index (χ1n) is 8.72. The van der Waals surface area contributed by atoms with Gasteiger partial charge in [-0.2, -0.15) is 0 Å². The number of ether oxygens (including phenoxy) is 1. The van der Waals surface area contributed by atoms with Crippen LogP contribution in [0.3, 0.4) is 0 Å². The van der Waals surface area contributed by atoms with E-state index >= 15 is 0 Å². The molecule has 0 bridgehead atoms. The van der Waals surface area contributed by atoms with Gasteiger partial charge >= 0.3 is 0 Å². The fourth-order valence-corrected chi connectivity index (χ4v) is 3.12. The van der Waals surface area contributed by atoms with Crippen molar-refractivity contribution in [2.45, 2.75) is 19.6 Å². The van der Waals surface area contributed by atoms with Crippen LogP contribution < -0.4 is 10.6 Å². The third kappa shape index (κ3) is 5.70. The van der Waals surface area contributed by atoms with Crippen molar-refractivity contribution in [2.75, 3.05) is 11.9 Å². The van der Waals surface area contributed by atoms with E-state index in [4.69, 9.17) is 4.74 Å². The number of carbonyl (C=O) groups excluding carboxylic acids is 2. The molecule has 0 saturated heterocycles. The van der Waals surface area contributed by atoms with E-state index in [1.54, 1.807) is 12.1 Å². The number of carbonyl (C=O) groups is 2. The fraction of sp³-hybridized carbons (Fsp3) is 0.200. The smallest absolute Gasteiger partial charge is 0.286 e. The molecular weight excluding hydrogens is 376 g/mol. The molecule has 0 spiro atoms. The summed E-state index contributed by atoms with van der Waals surface area (Å²) in [7, 11) is 0. The van der Waals surface area contributed by atoms with E-state index in [2.05, 4.69) is 20.8 Å². The minimum Gasteiger partial charge on any atom is -0.364 e. The molecule has 1 heterocycles. The van der Waals surface area contributed by atoms with E-state index in [-0.39, 0.29) is 36.1 Å². The third-order valence-corrected chi connectivity index (χ3v) is 4.72. The number of hydrogen-bond acceptors (Lipinski definition) is 6. The molecule has 2 N–H and O–H groups in total. The van der Waals surface area contributed by atoms with Gasteiger partial charge in [-0.15, -0.1) is 10.2 Å². The summed E-state index contributed by atoms with van der Waals surface area (Å²) in [6.07, 6.45) is 0. The summed E-state index contributed by atoms with van der Waals surface area (Å²) in [6, 6.07) is 18.7. The van der Waals surface area contributed by atoms with E-state index < -0.39 is 0 Å². The molecule has 0 saturated carbocycles. The Kier molecular flexibility index (Phi) is 6.83. The number of amides is 2. The largest absolute Gasteiger partial charge is 0.364 e. The second-order valence-corrected chi connectivity index (χ2v) is 7.08. The van der Waals surface area contributed by atoms with Crippen LogP contribution in [-0.4, -0.2) is 28.6 Å². The fourth-order valence-electron chi connectivity index (χ4n) is 2.45. The van der Waals surface area contributed by atoms with Gasteiger partial charge in [-0.1, -0.05) is 59.9 Å². The van der Waals surface area contributed by atoms with E-state index in [1.807, 2.05) is 55.5 Å². The molecule has 144 valence electrons. The monoisotopic (exact) mass is 396 g/mol. The standard InChI is InChI=1S/C20H20N4O3S/c1-14(15-8-4-2-5-9-15)21-17(25)12-27-13-18-23-24-20(28-18)19(26)22-16-10-6-3-7-11-16/h2-11,14H,12-13H2,1H3,(H,21,25)(H,22,26)/t14-/m1/s1. The molecule has 0 aliphatic heterocycles. The molecule has 0 aliphatic rings. The summed E-state index contributed by atoms with van der Waals surface area (Å²) in [5, 5.41) is 14.2. The number of nitrogens with zero attached hydrogens (tertiary/aromatic N) is 2. The van der Waals surface area contributed by atoms with Crippen molar-refractivity contribution in [3.63, 3.8) is 0 Å². The molecule has 3 aromatic rings. The highest BCUT2D eigenvalue weighted by atomic mass is 32.1. The van der Waals surface area contributed by atoms with Gasteiger partial charge in [0.2, 0.25) is 10.9 Å². The summed E-state index contributed by atoms with van der Waals surface area (Å²) >= 11 is 1.13. The first kappa shape index (κ1) is 19.7. The van der Waals surface area contributed by atoms with Crippen molar-refractivity contribution in [3.05, 3.63) is 76.2 Å². The molecule has 0 unspecified atom stereocenters. The maximum Gasteiger partial charge on any atom is 0.286 e. The van der Waals surface area contributed by atoms with Gasteiger partial charge in [0.05, 0.1) is 6.04 Å². The third-order valence-electron chi connectivity index (χ3n) is 3.83. The average Bonchev–Trinajstić information content (AvgIpc) is 3.18. The van der Waals surface area contributed by atoms with Gasteiger partial charge in [0.25, 0.3) is 5.91 Å². The van der Waals surface area contributed by atoms with Crippen molar-refractivity contribution in [3.8, 4) is 0 Å². The summed E-state index contributed by atoms with van der Waals surface area (Å²) in [6.45, 7) is 1.93. The lowest BCUT2D eigenvalue weighted by molar-refractivity contribution is -0.126. The highest BCUT2D eigenvalue weighted by Crippen LogP contribution is 2.14. The minimum absolute atomic E-state index is 0.0949. The average molecular weight is 396 g/mol. The van der Waals surface area contributed by atoms with Gasteiger partial charge in [0.1, 0.15) is 18.2 Å². The number of aromatic nitrogens is 2. The second-order valence-electron chi connectivity index (χ2n) is 6.01. The molecule has 0 aliphatic carbocycles. The molecule has 8 heteroatoms. The van der Waals surface area contributed by atoms with E-state index in [9.17, 15) is 9.59 Å². The first-order chi connectivity index (χ1) is 13.6. The van der Waals surface area contributed by atoms with E-state index in [0.717, 1.165) is 16.9 Å². The zero-order valence-corrected chi connectivity index (χ0v) is 16.1. The number of anilines is 1. The van der Waals surface area contributed by atoms with Gasteiger partial charge in [-0.05, 0) is 24.6 Å². The lowest BCUT2D eigenvalue weighted by atomic mass is 10.1. The van der Waals surface area contributed by atoms with Crippen molar-refractivity contribution in [1.82, 2.24) is 15.5 Å². The topological polar surface area (TPSA) is 93.2 Å². The summed E-state index contributed by atoms with van der Waals surface area (Å²) in [5.74, 6) is -0.549. The van der Waals surface area contributed by atoms with Crippen LogP contribution in [-0.2, 0) is 16.1 Å². The normalized spacial score (nSPS) is 11.6. The molecular formula is C20H20N4O3S. The Labute approximate surface area is 166 Å². The van der Waals surface area contributed by atoms with Crippen LogP contribution in [0.4, 0.5) is 5.69 Å². The lowest BCUT2D eigenvalue weighted by Gasteiger charge is -2.14. The van der Waals surface area contributed by atoms with Crippen LogP contribution in [0.15, 0.2) is 60.7 Å². The number of rotatable bonds is 8. The van der Waals surface area contributed by atoms with Crippen molar-refractivity contribution in [1.29, 1.82) is 0 Å². The maximum absolute atomic E-state index is 12.2. The van der Waals surface area contributed by atoms with Gasteiger partial charge in [0, 0.05) is 5.69 Å². The van der Waals surface area contributed by atoms with Gasteiger partial charge < -0.3 is 15.4 Å². The number of nitrogens with one attached hydrogen (secondary N) is 2. The quantitative estimate of drug-likeness (QED) is 0.610. The predicted molar refractivity (Wildman–Crippen MR) is 107 cm³/mol. The molecule has 0 radical (unpaired) electrons. The predicted octanol–water partition coefficient (Wildman–Crippen LogP) is 3.18. The van der Waals surface area contributed by atoms with Crippen molar-refractivity contribution in [2.24, 2.45) is 0 Å². The Bertz CT molecular complexity index is 915. The first-order valence-corrected chi connectivity index (χ1v) is 9.54. The molecule has 7 nitrogen and oxygen atoms in total. The van der Waals surface area contributed by atoms with E-state index in [1.165, 1.54) is 0 Å². The van der Waals surface area contributed by atoms with Crippen LogP contribution in [0.25, 0.3) is 0 Å². The Balaban J connectivity index is 1.43. The molecule has 1 aromatic heterocycles. The molecule has 2 aromatic carbocycles. The van der Waals surface area contributed by atoms with Crippen LogP contribution in [0.5, 0.6) is 0 Å². The maximum atomic E-state index is 12.2. The molecule has 28 heavy (non-hydrogen) atoms. The van der Waals surface area contributed by atoms with Crippen LogP contribution in [0, 0.1) is 0 Å². The van der Waals surface area contributed by atoms with Crippen LogP contribution in [0.1, 0.15) is 33.3 Å². The molecule has 3 rings (SSSR count). The second kappa shape index (κ2) is 9.72. The van der Waals surface area contributed by atoms with Gasteiger partial charge in [-0.3, -0.25) is 9.59 Å². The Morgan fingerprint density at radius 1 is 1.04 bits per heavy atom. The highest BCUT2D eigenvalue weighted by molar-refractivity contribution is 7.13. The van der Waals surface area contributed by atoms with Crippen molar-refractivity contribution < 1.29 is 14.3 Å². The number of hydrogen-bond donors (Lipinski definition) is 2. The van der Waals surface area contributed by atoms with E-state index in [0.29, 0.717) is 10.7 Å². The van der Waals surface area contributed by atoms with Crippen LogP contribution in [0.2, 0.25) is 0 Å². The summed E-state index contributed by atoms with van der Waals surface area (Å²) in [4.78, 5) is 24.2. The zero-order chi connectivity index (χ0) is 19.8. The lowest BCUT2D eigenvalue weighted by Crippen LogP contribution is -2.30. The number of benzene rings is 2. The Morgan fingerprint density at radius 2 is 1.71 bits per heavy atom. The molecule has 0 fully saturated rings. The SMILES string of the molecule is C[C@@H](NC(=O)COCc1nnc(C(=O)Nc2ccccc2)s1)c1ccccc1. The Morgan fingerprint density at radius 3 is 2.43 bits per heavy atom. The van der Waals surface area contributed by atoms with Crippen molar-refractivity contribution >= 4 is 28.8 Å². The van der Waals surface area contributed by atoms with Gasteiger partial charge in [-0.25, -0.2) is 0 Å². The van der Waals surface area contributed by atoms with Gasteiger partial charge in [0.15, 0.2) is 0 Å². The minimum atomic E-state index is -0.329. The highest BCUT2D eigenvalue weighted by Gasteiger charge is 2.14. The van der Waals surface area contributed by atoms with Crippen LogP contribution >= 0.6 is 11.3 Å². The summed E-state index contributed by atoms with van der Waals surface area (Å²) in [5.41, 5.74) is 1.71. The summed E-state index contributed by atoms with van der Waals surface area (Å²) < 4.78 is 5.39. The molecule has 2 amide bonds. The Hall–Kier alpha value is -3.10. The number of para-hydroxylation sites is 1.